The fourth-order valence-electron chi connectivity index (χ4n) is 7.39. The smallest absolute Gasteiger partial charge is 0.306 e. The first kappa shape index (κ1) is 59.8. The lowest BCUT2D eigenvalue weighted by Crippen LogP contribution is -2.46. The van der Waals surface area contributed by atoms with Gasteiger partial charge in [-0.1, -0.05) is 240 Å². The molecule has 0 radical (unpaired) electrons. The van der Waals surface area contributed by atoms with Crippen molar-refractivity contribution in [1.29, 1.82) is 0 Å². The lowest BCUT2D eigenvalue weighted by atomic mass is 10.0. The monoisotopic (exact) mass is 876 g/mol. The van der Waals surface area contributed by atoms with E-state index >= 15 is 0 Å². The molecule has 6 nitrogen and oxygen atoms in total. The fourth-order valence-corrected chi connectivity index (χ4v) is 7.39. The zero-order valence-electron chi connectivity index (χ0n) is 40.9. The van der Waals surface area contributed by atoms with Crippen molar-refractivity contribution < 1.29 is 24.5 Å². The van der Waals surface area contributed by atoms with Gasteiger partial charge in [0.15, 0.2) is 0 Å². The van der Waals surface area contributed by atoms with E-state index in [1.54, 1.807) is 0 Å². The number of aliphatic hydroxyl groups is 2. The topological polar surface area (TPSA) is 95.9 Å². The van der Waals surface area contributed by atoms with Crippen LogP contribution in [0.4, 0.5) is 0 Å². The Labute approximate surface area is 388 Å². The molecule has 360 valence electrons. The molecule has 63 heavy (non-hydrogen) atoms. The Bertz CT molecular complexity index is 1260. The van der Waals surface area contributed by atoms with Crippen LogP contribution < -0.4 is 5.32 Å². The summed E-state index contributed by atoms with van der Waals surface area (Å²) in [5, 5.41) is 23.8. The van der Waals surface area contributed by atoms with E-state index in [9.17, 15) is 19.8 Å². The summed E-state index contributed by atoms with van der Waals surface area (Å²) in [6.07, 6.45) is 66.0. The Balaban J connectivity index is 4.70. The lowest BCUT2D eigenvalue weighted by Gasteiger charge is -2.24. The molecule has 3 N–H and O–H groups in total. The maximum atomic E-state index is 13.2. The summed E-state index contributed by atoms with van der Waals surface area (Å²) >= 11 is 0. The largest absolute Gasteiger partial charge is 0.462 e. The number of nitrogens with one attached hydrogen (secondary N) is 1. The van der Waals surface area contributed by atoms with Gasteiger partial charge in [-0.2, -0.15) is 0 Å². The molecule has 0 spiro atoms. The maximum absolute atomic E-state index is 13.2. The molecular formula is C57H97NO5. The Morgan fingerprint density at radius 2 is 0.857 bits per heavy atom. The number of hydrogen-bond donors (Lipinski definition) is 3. The second-order valence-electron chi connectivity index (χ2n) is 17.4. The fraction of sp³-hybridized carbons (Fsp3) is 0.684. The number of hydrogen-bond acceptors (Lipinski definition) is 5. The second-order valence-corrected chi connectivity index (χ2v) is 17.4. The molecule has 0 saturated carbocycles. The third kappa shape index (κ3) is 45.2. The van der Waals surface area contributed by atoms with E-state index in [0.29, 0.717) is 19.3 Å². The van der Waals surface area contributed by atoms with Crippen LogP contribution in [-0.4, -0.2) is 46.9 Å². The van der Waals surface area contributed by atoms with E-state index < -0.39 is 18.2 Å². The summed E-state index contributed by atoms with van der Waals surface area (Å²) in [6, 6.07) is -0.723. The third-order valence-electron chi connectivity index (χ3n) is 11.3. The predicted octanol–water partition coefficient (Wildman–Crippen LogP) is 15.7. The van der Waals surface area contributed by atoms with Gasteiger partial charge in [0.2, 0.25) is 5.91 Å². The van der Waals surface area contributed by atoms with Gasteiger partial charge in [0.25, 0.3) is 0 Å². The van der Waals surface area contributed by atoms with Crippen LogP contribution in [-0.2, 0) is 14.3 Å². The molecule has 0 aromatic rings. The molecule has 0 bridgehead atoms. The van der Waals surface area contributed by atoms with Crippen molar-refractivity contribution >= 4 is 11.9 Å². The van der Waals surface area contributed by atoms with E-state index in [1.807, 2.05) is 54.7 Å². The van der Waals surface area contributed by atoms with Gasteiger partial charge in [-0.3, -0.25) is 9.59 Å². The van der Waals surface area contributed by atoms with Gasteiger partial charge in [-0.05, 0) is 70.6 Å². The Morgan fingerprint density at radius 3 is 1.35 bits per heavy atom. The van der Waals surface area contributed by atoms with E-state index in [1.165, 1.54) is 89.9 Å². The number of aliphatic hydroxyl groups excluding tert-OH is 2. The molecule has 3 unspecified atom stereocenters. The zero-order valence-corrected chi connectivity index (χ0v) is 40.9. The van der Waals surface area contributed by atoms with Crippen molar-refractivity contribution in [2.75, 3.05) is 6.61 Å². The molecule has 3 atom stereocenters. The van der Waals surface area contributed by atoms with Crippen molar-refractivity contribution in [2.24, 2.45) is 0 Å². The van der Waals surface area contributed by atoms with Gasteiger partial charge < -0.3 is 20.3 Å². The maximum Gasteiger partial charge on any atom is 0.306 e. The zero-order chi connectivity index (χ0) is 45.9. The highest BCUT2D eigenvalue weighted by Gasteiger charge is 2.24. The summed E-state index contributed by atoms with van der Waals surface area (Å²) in [6.45, 7) is 6.29. The molecule has 1 amide bonds. The summed E-state index contributed by atoms with van der Waals surface area (Å²) in [7, 11) is 0. The van der Waals surface area contributed by atoms with Crippen molar-refractivity contribution in [1.82, 2.24) is 5.32 Å². The summed E-state index contributed by atoms with van der Waals surface area (Å²) in [5.74, 6) is -0.551. The quantitative estimate of drug-likeness (QED) is 0.0322. The lowest BCUT2D eigenvalue weighted by molar-refractivity contribution is -0.151. The van der Waals surface area contributed by atoms with E-state index in [-0.39, 0.29) is 24.9 Å². The number of carbonyl (C=O) groups is 2. The molecule has 0 aliphatic rings. The van der Waals surface area contributed by atoms with Crippen LogP contribution >= 0.6 is 0 Å². The number of esters is 1. The molecule has 0 aliphatic carbocycles. The van der Waals surface area contributed by atoms with Crippen LogP contribution in [0.25, 0.3) is 0 Å². The van der Waals surface area contributed by atoms with Gasteiger partial charge in [0.05, 0.1) is 25.2 Å². The molecule has 6 heteroatoms. The highest BCUT2D eigenvalue weighted by Crippen LogP contribution is 2.17. The third-order valence-corrected chi connectivity index (χ3v) is 11.3. The van der Waals surface area contributed by atoms with Crippen molar-refractivity contribution in [3.05, 3.63) is 97.2 Å². The number of rotatable bonds is 45. The molecule has 0 rings (SSSR count). The minimum absolute atomic E-state index is 0.0403. The number of unbranched alkanes of at least 4 members (excludes halogenated alkanes) is 23. The minimum atomic E-state index is -0.807. The molecule has 0 saturated heterocycles. The van der Waals surface area contributed by atoms with E-state index in [0.717, 1.165) is 89.9 Å². The van der Waals surface area contributed by atoms with Crippen LogP contribution in [0, 0.1) is 0 Å². The van der Waals surface area contributed by atoms with Crippen LogP contribution in [0.1, 0.15) is 226 Å². The predicted molar refractivity (Wildman–Crippen MR) is 273 cm³/mol. The molecular weight excluding hydrogens is 779 g/mol. The first-order chi connectivity index (χ1) is 31.0. The van der Waals surface area contributed by atoms with Crippen LogP contribution in [0.15, 0.2) is 97.2 Å². The van der Waals surface area contributed by atoms with Gasteiger partial charge in [-0.15, -0.1) is 0 Å². The van der Waals surface area contributed by atoms with Gasteiger partial charge in [0, 0.05) is 6.42 Å². The van der Waals surface area contributed by atoms with Gasteiger partial charge in [0.1, 0.15) is 6.10 Å². The SMILES string of the molecule is CC\C=C/C=C/C=C/C=C\C=C\C=C\CCCCCC(=O)OC(CCCCCC/C=C/C=C/CCCCC)CC(=O)NC(CO)C(O)CCCCCCCCCCCCCCCC. The number of allylic oxidation sites excluding steroid dienone is 16. The Kier molecular flexibility index (Phi) is 47.2. The van der Waals surface area contributed by atoms with Crippen molar-refractivity contribution in [3.8, 4) is 0 Å². The van der Waals surface area contributed by atoms with Gasteiger partial charge >= 0.3 is 5.97 Å². The number of amides is 1. The highest BCUT2D eigenvalue weighted by atomic mass is 16.5. The normalized spacial score (nSPS) is 14.0. The van der Waals surface area contributed by atoms with Crippen LogP contribution in [0.3, 0.4) is 0 Å². The summed E-state index contributed by atoms with van der Waals surface area (Å²) in [4.78, 5) is 26.1. The average Bonchev–Trinajstić information content (AvgIpc) is 3.28. The molecule has 0 heterocycles. The first-order valence-corrected chi connectivity index (χ1v) is 26.1. The molecule has 0 aromatic carbocycles. The first-order valence-electron chi connectivity index (χ1n) is 26.1. The number of carbonyl (C=O) groups excluding carboxylic acids is 2. The van der Waals surface area contributed by atoms with Crippen molar-refractivity contribution in [2.45, 2.75) is 244 Å². The highest BCUT2D eigenvalue weighted by molar-refractivity contribution is 5.77. The van der Waals surface area contributed by atoms with Crippen LogP contribution in [0.2, 0.25) is 0 Å². The molecule has 0 aliphatic heterocycles. The average molecular weight is 876 g/mol. The number of ether oxygens (including phenoxy) is 1. The second kappa shape index (κ2) is 49.8. The molecule has 0 fully saturated rings. The van der Waals surface area contributed by atoms with Gasteiger partial charge in [-0.25, -0.2) is 0 Å². The van der Waals surface area contributed by atoms with Crippen molar-refractivity contribution in [3.63, 3.8) is 0 Å². The van der Waals surface area contributed by atoms with Crippen LogP contribution in [0.5, 0.6) is 0 Å². The standard InChI is InChI=1S/C57H97NO5/c1-4-7-10-13-16-19-22-25-27-28-29-32-35-38-41-44-47-50-57(62)63-53(48-45-42-39-36-33-30-24-21-18-15-12-9-6-3)51-56(61)58-54(52-59)55(60)49-46-43-40-37-34-31-26-23-20-17-14-11-8-5-2/h7,10,13,16,18-19,21-22,24-25,27-30,32,35,53-55,59-60H,4-6,8-9,11-12,14-15,17,20,23,26,31,33-34,36-52H2,1-3H3,(H,58,61)/b10-7-,16-13+,21-18+,22-19+,27-25-,29-28+,30-24+,35-32+. The molecule has 0 aromatic heterocycles. The van der Waals surface area contributed by atoms with E-state index in [4.69, 9.17) is 4.74 Å². The summed E-state index contributed by atoms with van der Waals surface area (Å²) < 4.78 is 5.91. The Hall–Kier alpha value is -3.22. The summed E-state index contributed by atoms with van der Waals surface area (Å²) in [5.41, 5.74) is 0. The Morgan fingerprint density at radius 1 is 0.476 bits per heavy atom. The minimum Gasteiger partial charge on any atom is -0.462 e. The van der Waals surface area contributed by atoms with E-state index in [2.05, 4.69) is 68.6 Å².